The Bertz CT molecular complexity index is 810. The number of carbonyl (C=O) groups is 3. The number of quaternary nitrogens is 1. The fourth-order valence-electron chi connectivity index (χ4n) is 2.42. The van der Waals surface area contributed by atoms with Gasteiger partial charge >= 0.3 is 32.0 Å². The van der Waals surface area contributed by atoms with Crippen LogP contribution < -0.4 is 5.73 Å². The second-order valence-corrected chi connectivity index (χ2v) is 11.0. The fourth-order valence-corrected chi connectivity index (χ4v) is 4.09. The van der Waals surface area contributed by atoms with Crippen molar-refractivity contribution >= 4 is 32.0 Å². The first-order valence-electron chi connectivity index (χ1n) is 12.6. The van der Waals surface area contributed by atoms with Gasteiger partial charge in [0, 0.05) is 18.8 Å². The molecule has 0 aliphatic heterocycles. The fraction of sp³-hybridized carbons (Fsp3) is 0.826. The summed E-state index contributed by atoms with van der Waals surface area (Å²) >= 11 is 0. The number of guanidine groups is 1. The van der Waals surface area contributed by atoms with Gasteiger partial charge in [0.25, 0.3) is 0 Å². The van der Waals surface area contributed by atoms with E-state index in [1.165, 1.54) is 14.0 Å². The number of hydroxylamine groups is 3. The Balaban J connectivity index is 6.50. The highest BCUT2D eigenvalue weighted by Gasteiger charge is 2.44. The molecule has 0 bridgehead atoms. The van der Waals surface area contributed by atoms with Crippen LogP contribution in [0.1, 0.15) is 75.2 Å². The Hall–Kier alpha value is -2.41. The monoisotopic (exact) mass is 570 g/mol. The van der Waals surface area contributed by atoms with E-state index in [0.29, 0.717) is 12.8 Å². The van der Waals surface area contributed by atoms with Crippen LogP contribution in [0.3, 0.4) is 0 Å². The largest absolute Gasteiger partial charge is 0.510 e. The van der Waals surface area contributed by atoms with Crippen LogP contribution in [0, 0.1) is 11.8 Å². The van der Waals surface area contributed by atoms with Crippen LogP contribution in [0.25, 0.3) is 0 Å². The van der Waals surface area contributed by atoms with Crippen molar-refractivity contribution in [1.29, 1.82) is 0 Å². The first-order chi connectivity index (χ1) is 17.5. The Morgan fingerprint density at radius 2 is 1.24 bits per heavy atom. The van der Waals surface area contributed by atoms with E-state index in [2.05, 4.69) is 4.76 Å². The van der Waals surface area contributed by atoms with Crippen molar-refractivity contribution in [2.45, 2.75) is 93.8 Å². The van der Waals surface area contributed by atoms with E-state index in [1.807, 2.05) is 0 Å². The highest BCUT2D eigenvalue weighted by atomic mass is 31.2. The lowest BCUT2D eigenvalue weighted by Gasteiger charge is -2.33. The van der Waals surface area contributed by atoms with Gasteiger partial charge in [-0.05, 0) is 26.7 Å². The van der Waals surface area contributed by atoms with Crippen molar-refractivity contribution in [2.24, 2.45) is 22.3 Å². The molecule has 0 heterocycles. The maximum absolute atomic E-state index is 14.1. The molecular weight excluding hydrogens is 525 g/mol. The molecule has 0 fully saturated rings. The van der Waals surface area contributed by atoms with Crippen molar-refractivity contribution in [3.8, 4) is 0 Å². The number of hydrogen-bond acceptors (Lipinski definition) is 11. The van der Waals surface area contributed by atoms with Gasteiger partial charge in [-0.2, -0.15) is 0 Å². The highest BCUT2D eigenvalue weighted by molar-refractivity contribution is 7.52. The van der Waals surface area contributed by atoms with Crippen LogP contribution in [-0.2, 0) is 42.2 Å². The maximum atomic E-state index is 14.1. The number of hydrogen-bond donors (Lipinski definition) is 1. The minimum Gasteiger partial charge on any atom is -0.434 e. The number of ether oxygens (including phenoxy) is 4. The molecule has 3 atom stereocenters. The van der Waals surface area contributed by atoms with E-state index >= 15 is 0 Å². The molecule has 0 saturated carbocycles. The van der Waals surface area contributed by atoms with E-state index in [4.69, 9.17) is 38.6 Å². The van der Waals surface area contributed by atoms with Crippen LogP contribution in [-0.4, -0.2) is 67.8 Å². The Morgan fingerprint density at radius 1 is 0.842 bits per heavy atom. The normalized spacial score (nSPS) is 16.8. The summed E-state index contributed by atoms with van der Waals surface area (Å²) in [5.41, 5.74) is 6.17. The molecule has 0 spiro atoms. The molecule has 14 nitrogen and oxygen atoms in total. The molecule has 0 rings (SSSR count). The van der Waals surface area contributed by atoms with Gasteiger partial charge < -0.3 is 24.7 Å². The van der Waals surface area contributed by atoms with E-state index in [-0.39, 0.29) is 13.2 Å². The predicted molar refractivity (Wildman–Crippen MR) is 137 cm³/mol. The lowest BCUT2D eigenvalue weighted by Crippen LogP contribution is -2.58. The van der Waals surface area contributed by atoms with Crippen molar-refractivity contribution < 1.29 is 56.4 Å². The van der Waals surface area contributed by atoms with Crippen molar-refractivity contribution in [1.82, 2.24) is 0 Å². The Kier molecular flexibility index (Phi) is 15.5. The third kappa shape index (κ3) is 12.4. The van der Waals surface area contributed by atoms with Crippen LogP contribution in [0.2, 0.25) is 0 Å². The Labute approximate surface area is 225 Å². The molecule has 0 aromatic heterocycles. The standard InChI is InChI=1S/C23H45N3O11P/c1-11-13-31-22(28)33-19(15(3)4)36-38(30,25-21(24)26(10,17(7)8)35-18(9)27)37-20(16(5)6)34-23(29)32-14-12-2/h15-17,19-20H,11-14H2,1-10H3,(H2,24,25,30)/q+1. The molecule has 2 N–H and O–H groups in total. The molecule has 0 amide bonds. The summed E-state index contributed by atoms with van der Waals surface area (Å²) in [7, 11) is -3.33. The second kappa shape index (κ2) is 16.5. The van der Waals surface area contributed by atoms with Gasteiger partial charge in [-0.1, -0.05) is 46.2 Å². The molecular formula is C23H45N3O11P+. The van der Waals surface area contributed by atoms with Gasteiger partial charge in [-0.25, -0.2) is 28.0 Å². The average molecular weight is 571 g/mol. The molecule has 0 saturated heterocycles. The smallest absolute Gasteiger partial charge is 0.434 e. The third-order valence-corrected chi connectivity index (χ3v) is 6.22. The van der Waals surface area contributed by atoms with Gasteiger partial charge in [0.15, 0.2) is 0 Å². The topological polar surface area (TPSA) is 171 Å². The van der Waals surface area contributed by atoms with Crippen LogP contribution in [0.5, 0.6) is 0 Å². The van der Waals surface area contributed by atoms with Gasteiger partial charge in [-0.15, -0.1) is 4.76 Å². The van der Waals surface area contributed by atoms with Gasteiger partial charge in [0.2, 0.25) is 12.6 Å². The van der Waals surface area contributed by atoms with Crippen molar-refractivity contribution in [3.05, 3.63) is 0 Å². The zero-order chi connectivity index (χ0) is 29.7. The minimum atomic E-state index is -4.75. The summed E-state index contributed by atoms with van der Waals surface area (Å²) in [6, 6.07) is -0.474. The van der Waals surface area contributed by atoms with Crippen LogP contribution in [0.15, 0.2) is 4.76 Å². The van der Waals surface area contributed by atoms with Crippen LogP contribution in [0.4, 0.5) is 9.59 Å². The summed E-state index contributed by atoms with van der Waals surface area (Å²) in [4.78, 5) is 41.3. The summed E-state index contributed by atoms with van der Waals surface area (Å²) in [5, 5.41) is 0. The van der Waals surface area contributed by atoms with Gasteiger partial charge in [0.05, 0.1) is 13.2 Å². The van der Waals surface area contributed by atoms with Crippen molar-refractivity contribution in [3.63, 3.8) is 0 Å². The quantitative estimate of drug-likeness (QED) is 0.0572. The maximum Gasteiger partial charge on any atom is 0.510 e. The zero-order valence-corrected chi connectivity index (χ0v) is 25.0. The van der Waals surface area contributed by atoms with Gasteiger partial charge in [0.1, 0.15) is 13.1 Å². The number of nitrogens with zero attached hydrogens (tertiary/aromatic N) is 2. The molecule has 0 aliphatic carbocycles. The van der Waals surface area contributed by atoms with Gasteiger partial charge in [-0.3, -0.25) is 4.84 Å². The summed E-state index contributed by atoms with van der Waals surface area (Å²) < 4.78 is 48.8. The van der Waals surface area contributed by atoms with E-state index in [9.17, 15) is 18.9 Å². The predicted octanol–water partition coefficient (Wildman–Crippen LogP) is 4.87. The number of carbonyl (C=O) groups excluding carboxylic acids is 3. The molecule has 3 unspecified atom stereocenters. The average Bonchev–Trinajstić information content (AvgIpc) is 2.79. The summed E-state index contributed by atoms with van der Waals surface area (Å²) in [6.07, 6.45) is -3.95. The second-order valence-electron chi connectivity index (χ2n) is 9.46. The van der Waals surface area contributed by atoms with E-state index < -0.39 is 67.1 Å². The zero-order valence-electron chi connectivity index (χ0n) is 24.1. The molecule has 222 valence electrons. The first-order valence-corrected chi connectivity index (χ1v) is 14.1. The molecule has 0 aliphatic rings. The van der Waals surface area contributed by atoms with E-state index in [1.54, 1.807) is 55.4 Å². The lowest BCUT2D eigenvalue weighted by molar-refractivity contribution is -1.02. The Morgan fingerprint density at radius 3 is 1.53 bits per heavy atom. The molecule has 0 aromatic carbocycles. The SMILES string of the molecule is CCCOC(=O)OC(OP(=O)(N=C(N)[N+](C)(OC(C)=O)C(C)C)OC(OC(=O)OCCC)C(C)C)C(C)C. The number of rotatable bonds is 14. The minimum absolute atomic E-state index is 0.0959. The highest BCUT2D eigenvalue weighted by Crippen LogP contribution is 2.54. The molecule has 15 heteroatoms. The summed E-state index contributed by atoms with van der Waals surface area (Å²) in [5.74, 6) is -2.24. The lowest BCUT2D eigenvalue weighted by atomic mass is 10.2. The molecule has 0 radical (unpaired) electrons. The molecule has 0 aromatic rings. The molecule has 38 heavy (non-hydrogen) atoms. The first kappa shape index (κ1) is 35.6. The number of nitrogens with two attached hydrogens (primary N) is 1. The summed E-state index contributed by atoms with van der Waals surface area (Å²) in [6.45, 7) is 14.8. The van der Waals surface area contributed by atoms with E-state index in [0.717, 1.165) is 0 Å². The third-order valence-electron chi connectivity index (χ3n) is 4.82. The van der Waals surface area contributed by atoms with Crippen molar-refractivity contribution in [2.75, 3.05) is 20.3 Å². The van der Waals surface area contributed by atoms with Crippen LogP contribution >= 0.6 is 7.75 Å².